The summed E-state index contributed by atoms with van der Waals surface area (Å²) in [7, 11) is 1.72. The minimum Gasteiger partial charge on any atom is -0.376 e. The van der Waals surface area contributed by atoms with Gasteiger partial charge in [0, 0.05) is 12.0 Å². The number of rotatable bonds is 2. The van der Waals surface area contributed by atoms with Gasteiger partial charge in [0.15, 0.2) is 0 Å². The minimum atomic E-state index is 0.000139. The third-order valence-corrected chi connectivity index (χ3v) is 3.60. The summed E-state index contributed by atoms with van der Waals surface area (Å²) >= 11 is 1.67. The van der Waals surface area contributed by atoms with Crippen molar-refractivity contribution in [1.82, 2.24) is 0 Å². The Balaban J connectivity index is 2.36. The van der Waals surface area contributed by atoms with Crippen LogP contribution in [0.15, 0.2) is 16.4 Å². The van der Waals surface area contributed by atoms with Crippen molar-refractivity contribution in [3.8, 4) is 0 Å². The molecule has 0 saturated heterocycles. The monoisotopic (exact) mass is 209 g/mol. The van der Waals surface area contributed by atoms with Crippen LogP contribution in [0.1, 0.15) is 35.4 Å². The summed E-state index contributed by atoms with van der Waals surface area (Å²) < 4.78 is 5.37. The molecule has 2 unspecified atom stereocenters. The van der Waals surface area contributed by atoms with E-state index in [2.05, 4.69) is 4.99 Å². The molecule has 0 amide bonds. The first-order valence-electron chi connectivity index (χ1n) is 4.54. The molecule has 2 atom stereocenters. The van der Waals surface area contributed by atoms with E-state index in [1.54, 1.807) is 24.5 Å². The van der Waals surface area contributed by atoms with E-state index in [0.717, 1.165) is 18.4 Å². The number of hydrogen-bond acceptors (Lipinski definition) is 4. The number of thiophene rings is 1. The van der Waals surface area contributed by atoms with E-state index in [1.807, 2.05) is 11.4 Å². The highest BCUT2D eigenvalue weighted by Gasteiger charge is 2.27. The predicted octanol–water partition coefficient (Wildman–Crippen LogP) is 2.61. The molecule has 0 aliphatic heterocycles. The van der Waals surface area contributed by atoms with Gasteiger partial charge in [0.05, 0.1) is 12.1 Å². The van der Waals surface area contributed by atoms with Gasteiger partial charge in [0.1, 0.15) is 0 Å². The number of fused-ring (bicyclic) bond motifs is 1. The Labute approximate surface area is 86.4 Å². The van der Waals surface area contributed by atoms with E-state index < -0.39 is 0 Å². The van der Waals surface area contributed by atoms with Crippen LogP contribution < -0.4 is 0 Å². The van der Waals surface area contributed by atoms with Crippen molar-refractivity contribution in [3.63, 3.8) is 0 Å². The van der Waals surface area contributed by atoms with Gasteiger partial charge in [0.25, 0.3) is 0 Å². The molecule has 0 spiro atoms. The first kappa shape index (κ1) is 9.59. The van der Waals surface area contributed by atoms with E-state index in [1.165, 1.54) is 4.88 Å². The molecule has 1 aromatic heterocycles. The molecule has 1 aromatic rings. The van der Waals surface area contributed by atoms with Crippen molar-refractivity contribution < 1.29 is 9.53 Å². The van der Waals surface area contributed by atoms with Gasteiger partial charge in [-0.2, -0.15) is 4.99 Å². The van der Waals surface area contributed by atoms with Gasteiger partial charge in [-0.15, -0.1) is 11.3 Å². The van der Waals surface area contributed by atoms with Gasteiger partial charge in [-0.3, -0.25) is 0 Å². The fourth-order valence-corrected chi connectivity index (χ4v) is 2.95. The van der Waals surface area contributed by atoms with Crippen molar-refractivity contribution in [2.75, 3.05) is 7.11 Å². The molecular formula is C10H11NO2S. The normalized spacial score (nSPS) is 25.2. The summed E-state index contributed by atoms with van der Waals surface area (Å²) in [6, 6.07) is 2.02. The molecule has 0 bridgehead atoms. The standard InChI is InChI=1S/C10H11NO2S/c1-13-9-3-2-8(11-6-12)7-4-5-14-10(7)9/h4-5,8-9H,2-3H2,1H3. The van der Waals surface area contributed by atoms with Crippen LogP contribution in [-0.2, 0) is 9.53 Å². The van der Waals surface area contributed by atoms with Gasteiger partial charge in [-0.1, -0.05) is 0 Å². The lowest BCUT2D eigenvalue weighted by molar-refractivity contribution is 0.0879. The minimum absolute atomic E-state index is 0.000139. The summed E-state index contributed by atoms with van der Waals surface area (Å²) in [5.74, 6) is 0. The van der Waals surface area contributed by atoms with E-state index in [4.69, 9.17) is 4.74 Å². The highest BCUT2D eigenvalue weighted by atomic mass is 32.1. The Morgan fingerprint density at radius 1 is 1.64 bits per heavy atom. The van der Waals surface area contributed by atoms with Crippen molar-refractivity contribution >= 4 is 17.4 Å². The maximum Gasteiger partial charge on any atom is 0.235 e. The number of carbonyl (C=O) groups excluding carboxylic acids is 1. The first-order valence-corrected chi connectivity index (χ1v) is 5.42. The molecule has 0 radical (unpaired) electrons. The van der Waals surface area contributed by atoms with Crippen LogP contribution >= 0.6 is 11.3 Å². The molecule has 3 nitrogen and oxygen atoms in total. The van der Waals surface area contributed by atoms with Crippen LogP contribution in [0.3, 0.4) is 0 Å². The molecular weight excluding hydrogens is 198 g/mol. The predicted molar refractivity (Wildman–Crippen MR) is 54.2 cm³/mol. The summed E-state index contributed by atoms with van der Waals surface area (Å²) in [5, 5.41) is 2.02. The number of ether oxygens (including phenoxy) is 1. The molecule has 1 aliphatic carbocycles. The summed E-state index contributed by atoms with van der Waals surface area (Å²) in [6.07, 6.45) is 3.63. The van der Waals surface area contributed by atoms with Crippen molar-refractivity contribution in [2.24, 2.45) is 4.99 Å². The van der Waals surface area contributed by atoms with E-state index in [9.17, 15) is 4.79 Å². The van der Waals surface area contributed by atoms with Crippen LogP contribution in [0.25, 0.3) is 0 Å². The topological polar surface area (TPSA) is 38.7 Å². The number of methoxy groups -OCH3 is 1. The van der Waals surface area contributed by atoms with Gasteiger partial charge in [-0.25, -0.2) is 4.79 Å². The van der Waals surface area contributed by atoms with Crippen molar-refractivity contribution in [1.29, 1.82) is 0 Å². The Morgan fingerprint density at radius 3 is 3.21 bits per heavy atom. The quantitative estimate of drug-likeness (QED) is 0.554. The van der Waals surface area contributed by atoms with E-state index in [-0.39, 0.29) is 12.1 Å². The lowest BCUT2D eigenvalue weighted by Gasteiger charge is -2.24. The zero-order chi connectivity index (χ0) is 9.97. The summed E-state index contributed by atoms with van der Waals surface area (Å²) in [4.78, 5) is 15.3. The molecule has 2 rings (SSSR count). The van der Waals surface area contributed by atoms with Crippen LogP contribution in [0.2, 0.25) is 0 Å². The summed E-state index contributed by atoms with van der Waals surface area (Å²) in [5.41, 5.74) is 1.14. The zero-order valence-corrected chi connectivity index (χ0v) is 8.71. The molecule has 0 aromatic carbocycles. The Morgan fingerprint density at radius 2 is 2.50 bits per heavy atom. The van der Waals surface area contributed by atoms with E-state index in [0.29, 0.717) is 0 Å². The lowest BCUT2D eigenvalue weighted by atomic mass is 9.92. The van der Waals surface area contributed by atoms with Crippen molar-refractivity contribution in [2.45, 2.75) is 25.0 Å². The van der Waals surface area contributed by atoms with E-state index >= 15 is 0 Å². The van der Waals surface area contributed by atoms with Crippen LogP contribution in [-0.4, -0.2) is 13.2 Å². The third kappa shape index (κ3) is 1.52. The number of aliphatic imine (C=N–C) groups is 1. The van der Waals surface area contributed by atoms with Gasteiger partial charge in [-0.05, 0) is 29.9 Å². The van der Waals surface area contributed by atoms with Crippen LogP contribution in [0.4, 0.5) is 0 Å². The molecule has 4 heteroatoms. The number of hydrogen-bond donors (Lipinski definition) is 0. The van der Waals surface area contributed by atoms with Gasteiger partial charge < -0.3 is 4.74 Å². The Bertz CT molecular complexity index is 368. The second-order valence-electron chi connectivity index (χ2n) is 3.28. The van der Waals surface area contributed by atoms with Crippen LogP contribution in [0.5, 0.6) is 0 Å². The number of nitrogens with zero attached hydrogens (tertiary/aromatic N) is 1. The molecule has 74 valence electrons. The second kappa shape index (κ2) is 4.05. The molecule has 0 saturated carbocycles. The maximum atomic E-state index is 10.2. The van der Waals surface area contributed by atoms with Crippen molar-refractivity contribution in [3.05, 3.63) is 21.9 Å². The number of isocyanates is 1. The molecule has 14 heavy (non-hydrogen) atoms. The highest BCUT2D eigenvalue weighted by molar-refractivity contribution is 7.10. The fraction of sp³-hybridized carbons (Fsp3) is 0.500. The second-order valence-corrected chi connectivity index (χ2v) is 4.23. The highest BCUT2D eigenvalue weighted by Crippen LogP contribution is 2.42. The molecule has 1 aliphatic rings. The smallest absolute Gasteiger partial charge is 0.235 e. The fourth-order valence-electron chi connectivity index (χ4n) is 1.89. The van der Waals surface area contributed by atoms with Gasteiger partial charge in [0.2, 0.25) is 6.08 Å². The molecule has 0 fully saturated rings. The molecule has 0 N–H and O–H groups in total. The third-order valence-electron chi connectivity index (χ3n) is 2.57. The molecule has 1 heterocycles. The largest absolute Gasteiger partial charge is 0.376 e. The first-order chi connectivity index (χ1) is 6.86. The Kier molecular flexibility index (Phi) is 2.77. The average Bonchev–Trinajstić information content (AvgIpc) is 2.67. The maximum absolute atomic E-state index is 10.2. The zero-order valence-electron chi connectivity index (χ0n) is 7.90. The lowest BCUT2D eigenvalue weighted by Crippen LogP contribution is -2.11. The Hall–Kier alpha value is -0.960. The van der Waals surface area contributed by atoms with Crippen LogP contribution in [0, 0.1) is 0 Å². The van der Waals surface area contributed by atoms with Gasteiger partial charge >= 0.3 is 0 Å². The average molecular weight is 209 g/mol. The summed E-state index contributed by atoms with van der Waals surface area (Å²) in [6.45, 7) is 0. The SMILES string of the molecule is COC1CCC(N=C=O)c2ccsc21.